The number of benzene rings is 1. The van der Waals surface area contributed by atoms with Crippen molar-refractivity contribution >= 4 is 12.4 Å². The maximum absolute atomic E-state index is 12.5. The van der Waals surface area contributed by atoms with Crippen molar-refractivity contribution in [3.8, 4) is 5.75 Å². The van der Waals surface area contributed by atoms with Gasteiger partial charge in [0.25, 0.3) is 0 Å². The third kappa shape index (κ3) is 7.19. The van der Waals surface area contributed by atoms with Crippen molar-refractivity contribution < 1.29 is 69.1 Å². The van der Waals surface area contributed by atoms with Gasteiger partial charge in [-0.05, 0) is 24.0 Å². The topological polar surface area (TPSA) is 9.23 Å². The smallest absolute Gasteiger partial charge is 0.494 e. The second-order valence-corrected chi connectivity index (χ2v) is 5.31. The average molecular weight is 284 g/mol. The molecule has 96 valence electrons. The molecule has 1 aromatic rings. The standard InChI is InChI=1S/C12H17BF3O.K/c1-12(2,3)7-8-17-11-6-4-5-10(9-11)13(14,15)16;/h4-6,9H,7-8H2,1-3H3;/q-1;+1. The first-order valence-electron chi connectivity index (χ1n) is 5.61. The summed E-state index contributed by atoms with van der Waals surface area (Å²) in [6, 6.07) is 5.05. The molecule has 0 aliphatic rings. The van der Waals surface area contributed by atoms with E-state index in [0.29, 0.717) is 6.61 Å². The molecule has 1 aromatic carbocycles. The molecule has 0 spiro atoms. The van der Waals surface area contributed by atoms with E-state index in [9.17, 15) is 12.9 Å². The predicted molar refractivity (Wildman–Crippen MR) is 64.7 cm³/mol. The Morgan fingerprint density at radius 3 is 2.28 bits per heavy atom. The molecule has 0 amide bonds. The van der Waals surface area contributed by atoms with Gasteiger partial charge in [0.15, 0.2) is 0 Å². The molecule has 0 bridgehead atoms. The van der Waals surface area contributed by atoms with Crippen molar-refractivity contribution in [3.05, 3.63) is 24.3 Å². The van der Waals surface area contributed by atoms with E-state index in [1.807, 2.05) is 0 Å². The molecule has 0 heterocycles. The maximum atomic E-state index is 12.5. The van der Waals surface area contributed by atoms with Gasteiger partial charge in [-0.3, -0.25) is 0 Å². The summed E-state index contributed by atoms with van der Waals surface area (Å²) in [5.41, 5.74) is -0.496. The Morgan fingerprint density at radius 2 is 1.78 bits per heavy atom. The third-order valence-electron chi connectivity index (χ3n) is 2.36. The summed E-state index contributed by atoms with van der Waals surface area (Å²) in [5, 5.41) is 0. The number of hydrogen-bond donors (Lipinski definition) is 0. The molecule has 0 radical (unpaired) electrons. The van der Waals surface area contributed by atoms with Crippen LogP contribution in [0.4, 0.5) is 12.9 Å². The van der Waals surface area contributed by atoms with E-state index in [1.165, 1.54) is 6.07 Å². The van der Waals surface area contributed by atoms with E-state index in [2.05, 4.69) is 20.8 Å². The molecular weight excluding hydrogens is 267 g/mol. The first-order valence-corrected chi connectivity index (χ1v) is 5.61. The molecule has 0 atom stereocenters. The summed E-state index contributed by atoms with van der Waals surface area (Å²) in [4.78, 5) is 0. The Hall–Kier alpha value is 0.511. The Kier molecular flexibility index (Phi) is 7.54. The quantitative estimate of drug-likeness (QED) is 0.734. The Balaban J connectivity index is 0.00000289. The van der Waals surface area contributed by atoms with Crippen molar-refractivity contribution in [2.45, 2.75) is 27.2 Å². The fraction of sp³-hybridized carbons (Fsp3) is 0.500. The molecule has 0 aliphatic heterocycles. The number of rotatable bonds is 4. The molecular formula is C12H17BF3KO. The van der Waals surface area contributed by atoms with Gasteiger partial charge in [0.05, 0.1) is 6.61 Å². The van der Waals surface area contributed by atoms with Crippen molar-refractivity contribution in [2.24, 2.45) is 5.41 Å². The van der Waals surface area contributed by atoms with Crippen LogP contribution in [-0.2, 0) is 0 Å². The second-order valence-electron chi connectivity index (χ2n) is 5.31. The molecule has 0 N–H and O–H groups in total. The van der Waals surface area contributed by atoms with Gasteiger partial charge in [-0.15, -0.1) is 5.46 Å². The van der Waals surface area contributed by atoms with E-state index >= 15 is 0 Å². The zero-order chi connectivity index (χ0) is 13.1. The van der Waals surface area contributed by atoms with Gasteiger partial charge < -0.3 is 17.7 Å². The first kappa shape index (κ1) is 18.5. The molecule has 1 rings (SSSR count). The van der Waals surface area contributed by atoms with Crippen LogP contribution in [0.3, 0.4) is 0 Å². The monoisotopic (exact) mass is 284 g/mol. The van der Waals surface area contributed by atoms with Crippen LogP contribution >= 0.6 is 0 Å². The van der Waals surface area contributed by atoms with Crippen LogP contribution < -0.4 is 61.6 Å². The second kappa shape index (κ2) is 7.34. The minimum absolute atomic E-state index is 0. The van der Waals surface area contributed by atoms with Crippen LogP contribution in [0.15, 0.2) is 24.3 Å². The van der Waals surface area contributed by atoms with Crippen molar-refractivity contribution in [3.63, 3.8) is 0 Å². The van der Waals surface area contributed by atoms with E-state index in [-0.39, 0.29) is 62.5 Å². The molecule has 0 unspecified atom stereocenters. The average Bonchev–Trinajstić information content (AvgIpc) is 2.15. The van der Waals surface area contributed by atoms with Gasteiger partial charge in [0.2, 0.25) is 0 Å². The summed E-state index contributed by atoms with van der Waals surface area (Å²) in [7, 11) is 0. The summed E-state index contributed by atoms with van der Waals surface area (Å²) < 4.78 is 42.8. The van der Waals surface area contributed by atoms with Crippen LogP contribution in [-0.4, -0.2) is 13.6 Å². The van der Waals surface area contributed by atoms with Crippen molar-refractivity contribution in [2.75, 3.05) is 6.61 Å². The van der Waals surface area contributed by atoms with Gasteiger partial charge in [0, 0.05) is 0 Å². The fourth-order valence-corrected chi connectivity index (χ4v) is 1.28. The Morgan fingerprint density at radius 1 is 1.17 bits per heavy atom. The minimum atomic E-state index is -4.95. The summed E-state index contributed by atoms with van der Waals surface area (Å²) in [6.45, 7) is 1.66. The number of hydrogen-bond acceptors (Lipinski definition) is 1. The molecule has 6 heteroatoms. The fourth-order valence-electron chi connectivity index (χ4n) is 1.28. The third-order valence-corrected chi connectivity index (χ3v) is 2.36. The Bertz CT molecular complexity index is 374. The molecule has 0 aromatic heterocycles. The van der Waals surface area contributed by atoms with Crippen LogP contribution in [0.5, 0.6) is 5.75 Å². The van der Waals surface area contributed by atoms with Crippen LogP contribution in [0.1, 0.15) is 27.2 Å². The molecule has 0 saturated heterocycles. The zero-order valence-electron chi connectivity index (χ0n) is 11.3. The van der Waals surface area contributed by atoms with E-state index in [1.54, 1.807) is 6.07 Å². The van der Waals surface area contributed by atoms with Gasteiger partial charge in [-0.25, -0.2) is 0 Å². The summed E-state index contributed by atoms with van der Waals surface area (Å²) in [5.74, 6) is 0.283. The molecule has 0 aliphatic carbocycles. The molecule has 18 heavy (non-hydrogen) atoms. The largest absolute Gasteiger partial charge is 1.00 e. The van der Waals surface area contributed by atoms with E-state index in [0.717, 1.165) is 18.6 Å². The zero-order valence-corrected chi connectivity index (χ0v) is 14.5. The van der Waals surface area contributed by atoms with Gasteiger partial charge >= 0.3 is 58.4 Å². The number of ether oxygens (including phenoxy) is 1. The maximum Gasteiger partial charge on any atom is 1.00 e. The number of halogens is 3. The molecule has 0 saturated carbocycles. The van der Waals surface area contributed by atoms with Gasteiger partial charge in [0.1, 0.15) is 5.75 Å². The normalized spacial score (nSPS) is 11.9. The van der Waals surface area contributed by atoms with Crippen LogP contribution in [0.2, 0.25) is 0 Å². The van der Waals surface area contributed by atoms with E-state index < -0.39 is 12.4 Å². The van der Waals surface area contributed by atoms with Crippen molar-refractivity contribution in [1.82, 2.24) is 0 Å². The summed E-state index contributed by atoms with van der Waals surface area (Å²) in [6.07, 6.45) is 0.800. The summed E-state index contributed by atoms with van der Waals surface area (Å²) >= 11 is 0. The van der Waals surface area contributed by atoms with Crippen LogP contribution in [0, 0.1) is 5.41 Å². The van der Waals surface area contributed by atoms with Crippen LogP contribution in [0.25, 0.3) is 0 Å². The Labute approximate surface area is 149 Å². The van der Waals surface area contributed by atoms with Gasteiger partial charge in [-0.2, -0.15) is 0 Å². The molecule has 1 nitrogen and oxygen atoms in total. The van der Waals surface area contributed by atoms with Gasteiger partial charge in [-0.1, -0.05) is 32.9 Å². The predicted octanol–water partition coefficient (Wildman–Crippen LogP) is 0.560. The molecule has 0 fully saturated rings. The SMILES string of the molecule is CC(C)(C)CCOc1cccc([B-](F)(F)F)c1.[K+]. The van der Waals surface area contributed by atoms with E-state index in [4.69, 9.17) is 4.74 Å². The minimum Gasteiger partial charge on any atom is -0.494 e. The van der Waals surface area contributed by atoms with Crippen molar-refractivity contribution in [1.29, 1.82) is 0 Å². The first-order chi connectivity index (χ1) is 7.68.